The first kappa shape index (κ1) is 14.9. The van der Waals surface area contributed by atoms with Crippen molar-refractivity contribution in [2.75, 3.05) is 11.9 Å². The van der Waals surface area contributed by atoms with Gasteiger partial charge in [-0.15, -0.1) is 0 Å². The summed E-state index contributed by atoms with van der Waals surface area (Å²) in [5.41, 5.74) is 7.18. The number of anilines is 1. The fourth-order valence-electron chi connectivity index (χ4n) is 1.88. The average Bonchev–Trinajstić information content (AvgIpc) is 2.45. The number of halogens is 2. The van der Waals surface area contributed by atoms with Crippen LogP contribution in [0.15, 0.2) is 48.5 Å². The third kappa shape index (κ3) is 3.51. The third-order valence-corrected chi connectivity index (χ3v) is 3.68. The van der Waals surface area contributed by atoms with Crippen LogP contribution in [0.2, 0.25) is 10.0 Å². The van der Waals surface area contributed by atoms with E-state index in [0.29, 0.717) is 15.7 Å². The molecule has 1 unspecified atom stereocenters. The van der Waals surface area contributed by atoms with Gasteiger partial charge in [0.25, 0.3) is 0 Å². The van der Waals surface area contributed by atoms with Crippen molar-refractivity contribution in [1.29, 1.82) is 0 Å². The SMILES string of the molecule is NCC(C(=O)Nc1ccc(Cl)c(Cl)c1)c1ccccc1. The fraction of sp³-hybridized carbons (Fsp3) is 0.133. The van der Waals surface area contributed by atoms with E-state index in [1.165, 1.54) is 0 Å². The average molecular weight is 309 g/mol. The second kappa shape index (κ2) is 6.75. The summed E-state index contributed by atoms with van der Waals surface area (Å²) in [4.78, 5) is 12.3. The summed E-state index contributed by atoms with van der Waals surface area (Å²) < 4.78 is 0. The fourth-order valence-corrected chi connectivity index (χ4v) is 2.18. The summed E-state index contributed by atoms with van der Waals surface area (Å²) >= 11 is 11.8. The Bertz CT molecular complexity index is 602. The van der Waals surface area contributed by atoms with Crippen molar-refractivity contribution in [3.63, 3.8) is 0 Å². The van der Waals surface area contributed by atoms with E-state index in [1.54, 1.807) is 18.2 Å². The minimum atomic E-state index is -0.398. The van der Waals surface area contributed by atoms with E-state index in [4.69, 9.17) is 28.9 Å². The molecule has 0 fully saturated rings. The summed E-state index contributed by atoms with van der Waals surface area (Å²) in [6.45, 7) is 0.233. The van der Waals surface area contributed by atoms with Gasteiger partial charge in [-0.3, -0.25) is 4.79 Å². The number of hydrogen-bond acceptors (Lipinski definition) is 2. The molecule has 0 bridgehead atoms. The lowest BCUT2D eigenvalue weighted by Crippen LogP contribution is -2.27. The van der Waals surface area contributed by atoms with Gasteiger partial charge >= 0.3 is 0 Å². The van der Waals surface area contributed by atoms with Gasteiger partial charge < -0.3 is 11.1 Å². The molecule has 1 atom stereocenters. The number of amides is 1. The van der Waals surface area contributed by atoms with Crippen LogP contribution in [0.25, 0.3) is 0 Å². The molecule has 104 valence electrons. The van der Waals surface area contributed by atoms with Crippen LogP contribution in [0.3, 0.4) is 0 Å². The first-order chi connectivity index (χ1) is 9.61. The van der Waals surface area contributed by atoms with Crippen molar-refractivity contribution in [2.45, 2.75) is 5.92 Å². The number of carbonyl (C=O) groups is 1. The number of benzene rings is 2. The predicted octanol–water partition coefficient (Wildman–Crippen LogP) is 3.67. The van der Waals surface area contributed by atoms with Crippen molar-refractivity contribution in [2.24, 2.45) is 5.73 Å². The van der Waals surface area contributed by atoms with Crippen molar-refractivity contribution in [3.05, 3.63) is 64.1 Å². The molecule has 0 aromatic heterocycles. The van der Waals surface area contributed by atoms with E-state index >= 15 is 0 Å². The Kier molecular flexibility index (Phi) is 5.01. The van der Waals surface area contributed by atoms with Gasteiger partial charge in [-0.1, -0.05) is 53.5 Å². The van der Waals surface area contributed by atoms with Crippen LogP contribution < -0.4 is 11.1 Å². The first-order valence-corrected chi connectivity index (χ1v) is 6.88. The molecule has 0 saturated carbocycles. The molecular weight excluding hydrogens is 295 g/mol. The molecule has 2 aromatic carbocycles. The highest BCUT2D eigenvalue weighted by Crippen LogP contribution is 2.26. The van der Waals surface area contributed by atoms with Crippen molar-refractivity contribution < 1.29 is 4.79 Å². The smallest absolute Gasteiger partial charge is 0.233 e. The number of rotatable bonds is 4. The Morgan fingerprint density at radius 2 is 1.80 bits per heavy atom. The van der Waals surface area contributed by atoms with Gasteiger partial charge in [-0.2, -0.15) is 0 Å². The molecule has 2 rings (SSSR count). The maximum absolute atomic E-state index is 12.3. The molecule has 0 spiro atoms. The number of nitrogens with two attached hydrogens (primary N) is 1. The Labute approximate surface area is 127 Å². The molecule has 0 saturated heterocycles. The normalized spacial score (nSPS) is 11.9. The van der Waals surface area contributed by atoms with Crippen molar-refractivity contribution in [3.8, 4) is 0 Å². The number of carbonyl (C=O) groups excluding carboxylic acids is 1. The van der Waals surface area contributed by atoms with E-state index < -0.39 is 5.92 Å². The monoisotopic (exact) mass is 308 g/mol. The van der Waals surface area contributed by atoms with Gasteiger partial charge in [0, 0.05) is 12.2 Å². The molecule has 0 aliphatic carbocycles. The molecular formula is C15H14Cl2N2O. The summed E-state index contributed by atoms with van der Waals surface area (Å²) in [5, 5.41) is 3.64. The first-order valence-electron chi connectivity index (χ1n) is 6.12. The van der Waals surface area contributed by atoms with E-state index in [-0.39, 0.29) is 12.5 Å². The molecule has 20 heavy (non-hydrogen) atoms. The summed E-state index contributed by atoms with van der Waals surface area (Å²) in [6.07, 6.45) is 0. The van der Waals surface area contributed by atoms with Gasteiger partial charge in [0.15, 0.2) is 0 Å². The molecule has 3 nitrogen and oxygen atoms in total. The zero-order chi connectivity index (χ0) is 14.5. The zero-order valence-corrected chi connectivity index (χ0v) is 12.2. The maximum atomic E-state index is 12.3. The van der Waals surface area contributed by atoms with Gasteiger partial charge in [-0.25, -0.2) is 0 Å². The molecule has 0 heterocycles. The molecule has 0 aliphatic rings. The van der Waals surface area contributed by atoms with Gasteiger partial charge in [0.2, 0.25) is 5.91 Å². The second-order valence-electron chi connectivity index (χ2n) is 4.32. The highest BCUT2D eigenvalue weighted by atomic mass is 35.5. The standard InChI is InChI=1S/C15H14Cl2N2O/c16-13-7-6-11(8-14(13)17)19-15(20)12(9-18)10-4-2-1-3-5-10/h1-8,12H,9,18H2,(H,19,20). The summed E-state index contributed by atoms with van der Waals surface area (Å²) in [5.74, 6) is -0.567. The Balaban J connectivity index is 2.15. The Morgan fingerprint density at radius 1 is 1.10 bits per heavy atom. The minimum Gasteiger partial charge on any atom is -0.329 e. The number of nitrogens with one attached hydrogen (secondary N) is 1. The maximum Gasteiger partial charge on any atom is 0.233 e. The highest BCUT2D eigenvalue weighted by molar-refractivity contribution is 6.42. The quantitative estimate of drug-likeness (QED) is 0.905. The van der Waals surface area contributed by atoms with Gasteiger partial charge in [-0.05, 0) is 23.8 Å². The van der Waals surface area contributed by atoms with Crippen LogP contribution in [0.4, 0.5) is 5.69 Å². The Morgan fingerprint density at radius 3 is 2.40 bits per heavy atom. The lowest BCUT2D eigenvalue weighted by Gasteiger charge is -2.15. The van der Waals surface area contributed by atoms with Crippen LogP contribution in [-0.2, 0) is 4.79 Å². The lowest BCUT2D eigenvalue weighted by molar-refractivity contribution is -0.117. The molecule has 3 N–H and O–H groups in total. The zero-order valence-electron chi connectivity index (χ0n) is 10.6. The van der Waals surface area contributed by atoms with Crippen LogP contribution in [0, 0.1) is 0 Å². The largest absolute Gasteiger partial charge is 0.329 e. The molecule has 1 amide bonds. The lowest BCUT2D eigenvalue weighted by atomic mass is 9.98. The topological polar surface area (TPSA) is 55.1 Å². The molecule has 5 heteroatoms. The molecule has 2 aromatic rings. The van der Waals surface area contributed by atoms with Crippen LogP contribution in [0.1, 0.15) is 11.5 Å². The van der Waals surface area contributed by atoms with Gasteiger partial charge in [0.1, 0.15) is 0 Å². The van der Waals surface area contributed by atoms with E-state index in [0.717, 1.165) is 5.56 Å². The van der Waals surface area contributed by atoms with Gasteiger partial charge in [0.05, 0.1) is 16.0 Å². The Hall–Kier alpha value is -1.55. The predicted molar refractivity (Wildman–Crippen MR) is 83.3 cm³/mol. The summed E-state index contributed by atoms with van der Waals surface area (Å²) in [7, 11) is 0. The molecule has 0 aliphatic heterocycles. The van der Waals surface area contributed by atoms with Crippen LogP contribution in [-0.4, -0.2) is 12.5 Å². The van der Waals surface area contributed by atoms with Crippen LogP contribution >= 0.6 is 23.2 Å². The highest BCUT2D eigenvalue weighted by Gasteiger charge is 2.19. The number of hydrogen-bond donors (Lipinski definition) is 2. The van der Waals surface area contributed by atoms with E-state index in [1.807, 2.05) is 30.3 Å². The third-order valence-electron chi connectivity index (χ3n) is 2.94. The second-order valence-corrected chi connectivity index (χ2v) is 5.13. The summed E-state index contributed by atoms with van der Waals surface area (Å²) in [6, 6.07) is 14.4. The van der Waals surface area contributed by atoms with E-state index in [2.05, 4.69) is 5.32 Å². The van der Waals surface area contributed by atoms with Crippen LogP contribution in [0.5, 0.6) is 0 Å². The van der Waals surface area contributed by atoms with Crippen molar-refractivity contribution in [1.82, 2.24) is 0 Å². The minimum absolute atomic E-state index is 0.169. The van der Waals surface area contributed by atoms with Crippen molar-refractivity contribution >= 4 is 34.8 Å². The van der Waals surface area contributed by atoms with E-state index in [9.17, 15) is 4.79 Å². The molecule has 0 radical (unpaired) electrons.